The molecule has 2 saturated carbocycles. The molecule has 3 aliphatic rings. The van der Waals surface area contributed by atoms with Crippen molar-refractivity contribution in [1.29, 1.82) is 0 Å². The zero-order chi connectivity index (χ0) is 25.0. The molecule has 1 heterocycles. The zero-order valence-electron chi connectivity index (χ0n) is 21.3. The maximum Gasteiger partial charge on any atom is 0.389 e. The van der Waals surface area contributed by atoms with Crippen molar-refractivity contribution in [2.75, 3.05) is 0 Å². The molecular formula is C32H35F3N+. The van der Waals surface area contributed by atoms with E-state index in [4.69, 9.17) is 0 Å². The predicted molar refractivity (Wildman–Crippen MR) is 140 cm³/mol. The van der Waals surface area contributed by atoms with Crippen LogP contribution in [-0.2, 0) is 13.5 Å². The highest BCUT2D eigenvalue weighted by Crippen LogP contribution is 2.45. The number of hydrogen-bond donors (Lipinski definition) is 0. The van der Waals surface area contributed by atoms with Gasteiger partial charge in [0.15, 0.2) is 6.20 Å². The highest BCUT2D eigenvalue weighted by atomic mass is 19.4. The molecule has 2 fully saturated rings. The SMILES string of the molecule is Cc1c(C2=Cc3cc(CCC(F)(F)F)cc4cc[n+](C)c2c34)cc(C2CCCC2)cc1C1CCCC1. The normalized spacial score (nSPS) is 18.5. The first kappa shape index (κ1) is 23.8. The Kier molecular flexibility index (Phi) is 5.97. The van der Waals surface area contributed by atoms with E-state index in [2.05, 4.69) is 42.9 Å². The maximum atomic E-state index is 12.9. The Labute approximate surface area is 212 Å². The van der Waals surface area contributed by atoms with E-state index < -0.39 is 12.6 Å². The van der Waals surface area contributed by atoms with E-state index in [1.54, 1.807) is 0 Å². The van der Waals surface area contributed by atoms with Gasteiger partial charge in [0.2, 0.25) is 5.69 Å². The molecule has 0 spiro atoms. The number of rotatable bonds is 5. The smallest absolute Gasteiger partial charge is 0.200 e. The number of aromatic nitrogens is 1. The molecule has 0 atom stereocenters. The number of alkyl halides is 3. The molecule has 1 nitrogen and oxygen atoms in total. The molecule has 0 saturated heterocycles. The summed E-state index contributed by atoms with van der Waals surface area (Å²) in [4.78, 5) is 0. The lowest BCUT2D eigenvalue weighted by Gasteiger charge is -2.21. The summed E-state index contributed by atoms with van der Waals surface area (Å²) in [6, 6.07) is 11.0. The molecule has 1 aromatic heterocycles. The van der Waals surface area contributed by atoms with Gasteiger partial charge in [0.1, 0.15) is 7.05 Å². The lowest BCUT2D eigenvalue weighted by Crippen LogP contribution is -2.32. The highest BCUT2D eigenvalue weighted by molar-refractivity contribution is 6.11. The van der Waals surface area contributed by atoms with Crippen LogP contribution in [0, 0.1) is 6.92 Å². The van der Waals surface area contributed by atoms with Gasteiger partial charge in [-0.15, -0.1) is 0 Å². The fraction of sp³-hybridized carbons (Fsp3) is 0.469. The number of benzene rings is 2. The molecule has 188 valence electrons. The minimum atomic E-state index is -4.14. The molecule has 6 rings (SSSR count). The van der Waals surface area contributed by atoms with E-state index >= 15 is 0 Å². The standard InChI is InChI=1S/C32H35F3N/c1-20-27(23-9-5-6-10-23)17-25(22-7-3-4-8-22)18-28(20)29-19-26-16-21(11-13-32(33,34)35)15-24-12-14-36(2)31(29)30(24)26/h12,14-19,22-23H,3-11,13H2,1-2H3/q+1. The molecule has 3 aliphatic carbocycles. The van der Waals surface area contributed by atoms with Gasteiger partial charge < -0.3 is 0 Å². The first-order chi connectivity index (χ1) is 17.3. The summed E-state index contributed by atoms with van der Waals surface area (Å²) in [5.74, 6) is 1.29. The fourth-order valence-corrected chi connectivity index (χ4v) is 7.09. The molecule has 0 radical (unpaired) electrons. The minimum absolute atomic E-state index is 0.0218. The van der Waals surface area contributed by atoms with Gasteiger partial charge in [-0.25, -0.2) is 4.57 Å². The van der Waals surface area contributed by atoms with E-state index in [0.717, 1.165) is 16.5 Å². The summed E-state index contributed by atoms with van der Waals surface area (Å²) in [6.07, 6.45) is 9.77. The van der Waals surface area contributed by atoms with E-state index in [-0.39, 0.29) is 6.42 Å². The molecule has 0 unspecified atom stereocenters. The van der Waals surface area contributed by atoms with Crippen molar-refractivity contribution in [1.82, 2.24) is 0 Å². The second-order valence-corrected chi connectivity index (χ2v) is 11.3. The van der Waals surface area contributed by atoms with E-state index in [1.165, 1.54) is 90.3 Å². The lowest BCUT2D eigenvalue weighted by molar-refractivity contribution is -0.672. The van der Waals surface area contributed by atoms with Crippen LogP contribution in [0.15, 0.2) is 36.5 Å². The fourth-order valence-electron chi connectivity index (χ4n) is 7.09. The van der Waals surface area contributed by atoms with E-state index in [9.17, 15) is 13.2 Å². The topological polar surface area (TPSA) is 3.88 Å². The second-order valence-electron chi connectivity index (χ2n) is 11.3. The Morgan fingerprint density at radius 2 is 1.61 bits per heavy atom. The number of aryl methyl sites for hydroxylation is 2. The first-order valence-corrected chi connectivity index (χ1v) is 13.7. The average Bonchev–Trinajstić information content (AvgIpc) is 3.61. The van der Waals surface area contributed by atoms with Gasteiger partial charge in [-0.1, -0.05) is 49.9 Å². The Hall–Kier alpha value is -2.62. The molecule has 2 aromatic carbocycles. The Morgan fingerprint density at radius 1 is 0.917 bits per heavy atom. The summed E-state index contributed by atoms with van der Waals surface area (Å²) < 4.78 is 41.0. The lowest BCUT2D eigenvalue weighted by atomic mass is 9.83. The summed E-state index contributed by atoms with van der Waals surface area (Å²) in [7, 11) is 2.09. The van der Waals surface area contributed by atoms with Gasteiger partial charge >= 0.3 is 6.18 Å². The quantitative estimate of drug-likeness (QED) is 0.246. The van der Waals surface area contributed by atoms with Crippen molar-refractivity contribution in [3.05, 3.63) is 75.6 Å². The molecule has 0 N–H and O–H groups in total. The molecule has 0 amide bonds. The van der Waals surface area contributed by atoms with Crippen molar-refractivity contribution >= 4 is 22.4 Å². The summed E-state index contributed by atoms with van der Waals surface area (Å²) >= 11 is 0. The average molecular weight is 491 g/mol. The Morgan fingerprint density at radius 3 is 2.31 bits per heavy atom. The van der Waals surface area contributed by atoms with Crippen LogP contribution in [0.3, 0.4) is 0 Å². The maximum absolute atomic E-state index is 12.9. The van der Waals surface area contributed by atoms with Crippen molar-refractivity contribution < 1.29 is 17.7 Å². The number of halogens is 3. The number of nitrogens with zero attached hydrogens (tertiary/aromatic N) is 1. The van der Waals surface area contributed by atoms with Crippen LogP contribution in [0.1, 0.15) is 109 Å². The van der Waals surface area contributed by atoms with Crippen molar-refractivity contribution in [2.24, 2.45) is 7.05 Å². The van der Waals surface area contributed by atoms with Gasteiger partial charge in [-0.2, -0.15) is 13.2 Å². The molecule has 36 heavy (non-hydrogen) atoms. The van der Waals surface area contributed by atoms with E-state index in [0.29, 0.717) is 11.8 Å². The van der Waals surface area contributed by atoms with Crippen LogP contribution in [-0.4, -0.2) is 6.18 Å². The highest BCUT2D eigenvalue weighted by Gasteiger charge is 2.32. The van der Waals surface area contributed by atoms with Crippen LogP contribution in [0.2, 0.25) is 0 Å². The number of pyridine rings is 1. The summed E-state index contributed by atoms with van der Waals surface area (Å²) in [6.45, 7) is 2.29. The molecule has 0 bridgehead atoms. The van der Waals surface area contributed by atoms with Gasteiger partial charge in [0, 0.05) is 12.5 Å². The van der Waals surface area contributed by atoms with Crippen LogP contribution >= 0.6 is 0 Å². The van der Waals surface area contributed by atoms with Crippen molar-refractivity contribution in [3.8, 4) is 0 Å². The molecule has 3 aromatic rings. The summed E-state index contributed by atoms with van der Waals surface area (Å²) in [5.41, 5.74) is 9.96. The molecule has 4 heteroatoms. The third kappa shape index (κ3) is 4.27. The van der Waals surface area contributed by atoms with Crippen LogP contribution in [0.5, 0.6) is 0 Å². The van der Waals surface area contributed by atoms with Crippen LogP contribution in [0.4, 0.5) is 13.2 Å². The van der Waals surface area contributed by atoms with Crippen molar-refractivity contribution in [3.63, 3.8) is 0 Å². The van der Waals surface area contributed by atoms with Crippen LogP contribution in [0.25, 0.3) is 22.4 Å². The minimum Gasteiger partial charge on any atom is -0.200 e. The van der Waals surface area contributed by atoms with Gasteiger partial charge in [0.25, 0.3) is 0 Å². The predicted octanol–water partition coefficient (Wildman–Crippen LogP) is 8.69. The monoisotopic (exact) mass is 490 g/mol. The van der Waals surface area contributed by atoms with Gasteiger partial charge in [-0.05, 0) is 95.7 Å². The van der Waals surface area contributed by atoms with E-state index in [1.807, 2.05) is 18.2 Å². The summed E-state index contributed by atoms with van der Waals surface area (Å²) in [5, 5.41) is 2.20. The Balaban J connectivity index is 1.50. The first-order valence-electron chi connectivity index (χ1n) is 13.7. The third-order valence-corrected chi connectivity index (χ3v) is 8.96. The zero-order valence-corrected chi connectivity index (χ0v) is 21.3. The van der Waals surface area contributed by atoms with Crippen LogP contribution < -0.4 is 4.57 Å². The molecular weight excluding hydrogens is 455 g/mol. The van der Waals surface area contributed by atoms with Gasteiger partial charge in [-0.3, -0.25) is 0 Å². The largest absolute Gasteiger partial charge is 0.389 e. The third-order valence-electron chi connectivity index (χ3n) is 8.96. The second kappa shape index (κ2) is 9.04. The van der Waals surface area contributed by atoms with Crippen molar-refractivity contribution in [2.45, 2.75) is 89.1 Å². The number of hydrogen-bond acceptors (Lipinski definition) is 0. The van der Waals surface area contributed by atoms with Gasteiger partial charge in [0.05, 0.1) is 11.0 Å². The molecule has 0 aliphatic heterocycles. The Bertz CT molecular complexity index is 1350.